The van der Waals surface area contributed by atoms with Crippen LogP contribution in [-0.4, -0.2) is 38.3 Å². The molecule has 0 aliphatic carbocycles. The summed E-state index contributed by atoms with van der Waals surface area (Å²) in [6, 6.07) is 0. The fourth-order valence-corrected chi connectivity index (χ4v) is 4.47. The maximum atomic E-state index is 6.20. The molecule has 2 aliphatic heterocycles. The summed E-state index contributed by atoms with van der Waals surface area (Å²) in [5.74, 6) is 2.10. The van der Waals surface area contributed by atoms with E-state index in [9.17, 15) is 0 Å². The van der Waals surface area contributed by atoms with Gasteiger partial charge in [0.05, 0.1) is 0 Å². The number of ether oxygens (including phenoxy) is 2. The zero-order valence-corrected chi connectivity index (χ0v) is 20.5. The first-order chi connectivity index (χ1) is 12.6. The minimum absolute atomic E-state index is 0.0291. The average Bonchev–Trinajstić information content (AvgIpc) is 2.96. The predicted octanol–water partition coefficient (Wildman–Crippen LogP) is 6.41. The summed E-state index contributed by atoms with van der Waals surface area (Å²) in [5, 5.41) is 0. The van der Waals surface area contributed by atoms with Crippen molar-refractivity contribution < 1.29 is 9.47 Å². The fourth-order valence-electron chi connectivity index (χ4n) is 4.47. The van der Waals surface area contributed by atoms with E-state index in [1.807, 2.05) is 0 Å². The van der Waals surface area contributed by atoms with E-state index >= 15 is 0 Å². The highest BCUT2D eigenvalue weighted by molar-refractivity contribution is 5.32. The highest BCUT2D eigenvalue weighted by Gasteiger charge is 2.40. The van der Waals surface area contributed by atoms with Crippen LogP contribution in [0.15, 0.2) is 22.7 Å². The molecule has 0 atom stereocenters. The van der Waals surface area contributed by atoms with Crippen LogP contribution < -0.4 is 0 Å². The van der Waals surface area contributed by atoms with Gasteiger partial charge >= 0.3 is 0 Å². The van der Waals surface area contributed by atoms with Gasteiger partial charge in [0.25, 0.3) is 0 Å². The lowest BCUT2D eigenvalue weighted by Crippen LogP contribution is -2.31. The predicted molar refractivity (Wildman–Crippen MR) is 119 cm³/mol. The smallest absolute Gasteiger partial charge is 0.140 e. The Balaban J connectivity index is 2.27. The molecule has 0 aromatic rings. The lowest BCUT2D eigenvalue weighted by molar-refractivity contribution is 0.00203. The molecule has 0 aromatic carbocycles. The van der Waals surface area contributed by atoms with Gasteiger partial charge in [-0.05, 0) is 41.9 Å². The van der Waals surface area contributed by atoms with Crippen LogP contribution in [0.3, 0.4) is 0 Å². The molecule has 0 aromatic heterocycles. The van der Waals surface area contributed by atoms with Gasteiger partial charge in [0.15, 0.2) is 0 Å². The SMILES string of the molecule is CN1CC(C(C)(C)C)=C(C(C)(C)CCC(C)(C)C2=C(C(C)(C)C)OCCO2)C1. The van der Waals surface area contributed by atoms with Crippen molar-refractivity contribution in [1.29, 1.82) is 0 Å². The van der Waals surface area contributed by atoms with Gasteiger partial charge in [-0.3, -0.25) is 4.90 Å². The lowest BCUT2D eigenvalue weighted by Gasteiger charge is -2.39. The maximum Gasteiger partial charge on any atom is 0.140 e. The van der Waals surface area contributed by atoms with Crippen LogP contribution in [0.1, 0.15) is 82.1 Å². The molecular formula is C25H45NO2. The van der Waals surface area contributed by atoms with Crippen LogP contribution in [0.4, 0.5) is 0 Å². The molecular weight excluding hydrogens is 346 g/mol. The summed E-state index contributed by atoms with van der Waals surface area (Å²) >= 11 is 0. The normalized spacial score (nSPS) is 20.5. The summed E-state index contributed by atoms with van der Waals surface area (Å²) < 4.78 is 12.3. The molecule has 0 saturated carbocycles. The van der Waals surface area contributed by atoms with Gasteiger partial charge in [-0.1, -0.05) is 69.2 Å². The van der Waals surface area contributed by atoms with Crippen LogP contribution in [0.25, 0.3) is 0 Å². The third-order valence-electron chi connectivity index (χ3n) is 6.40. The quantitative estimate of drug-likeness (QED) is 0.505. The summed E-state index contributed by atoms with van der Waals surface area (Å²) in [6.45, 7) is 26.7. The molecule has 28 heavy (non-hydrogen) atoms. The first-order valence-electron chi connectivity index (χ1n) is 11.0. The molecule has 3 nitrogen and oxygen atoms in total. The van der Waals surface area contributed by atoms with Gasteiger partial charge in [0.1, 0.15) is 24.7 Å². The topological polar surface area (TPSA) is 21.7 Å². The van der Waals surface area contributed by atoms with E-state index in [1.165, 1.54) is 0 Å². The summed E-state index contributed by atoms with van der Waals surface area (Å²) in [5.41, 5.74) is 3.62. The number of hydrogen-bond acceptors (Lipinski definition) is 3. The number of hydrogen-bond donors (Lipinski definition) is 0. The van der Waals surface area contributed by atoms with Crippen LogP contribution >= 0.6 is 0 Å². The molecule has 162 valence electrons. The summed E-state index contributed by atoms with van der Waals surface area (Å²) in [6.07, 6.45) is 2.23. The van der Waals surface area contributed by atoms with Gasteiger partial charge in [0.2, 0.25) is 0 Å². The molecule has 0 amide bonds. The largest absolute Gasteiger partial charge is 0.490 e. The van der Waals surface area contributed by atoms with Gasteiger partial charge in [-0.2, -0.15) is 0 Å². The van der Waals surface area contributed by atoms with Crippen molar-refractivity contribution in [3.05, 3.63) is 22.7 Å². The van der Waals surface area contributed by atoms with Crippen molar-refractivity contribution in [3.63, 3.8) is 0 Å². The fraction of sp³-hybridized carbons (Fsp3) is 0.840. The third-order valence-corrected chi connectivity index (χ3v) is 6.40. The second-order valence-corrected chi connectivity index (χ2v) is 12.3. The third kappa shape index (κ3) is 5.14. The minimum Gasteiger partial charge on any atom is -0.490 e. The van der Waals surface area contributed by atoms with Crippen molar-refractivity contribution in [3.8, 4) is 0 Å². The number of rotatable bonds is 5. The van der Waals surface area contributed by atoms with Crippen LogP contribution in [0.2, 0.25) is 0 Å². The zero-order chi connectivity index (χ0) is 21.5. The van der Waals surface area contributed by atoms with Crippen molar-refractivity contribution in [1.82, 2.24) is 4.90 Å². The Morgan fingerprint density at radius 3 is 1.61 bits per heavy atom. The Morgan fingerprint density at radius 2 is 1.11 bits per heavy atom. The van der Waals surface area contributed by atoms with Crippen molar-refractivity contribution in [2.75, 3.05) is 33.4 Å². The van der Waals surface area contributed by atoms with Gasteiger partial charge in [0, 0.05) is 23.9 Å². The molecule has 0 fully saturated rings. The molecule has 3 heteroatoms. The number of allylic oxidation sites excluding steroid dienone is 2. The Bertz CT molecular complexity index is 638. The monoisotopic (exact) mass is 391 g/mol. The second kappa shape index (κ2) is 7.70. The van der Waals surface area contributed by atoms with Gasteiger partial charge in [-0.25, -0.2) is 0 Å². The Labute approximate surface area is 174 Å². The lowest BCUT2D eigenvalue weighted by atomic mass is 9.70. The molecule has 0 bridgehead atoms. The van der Waals surface area contributed by atoms with Gasteiger partial charge in [-0.15, -0.1) is 0 Å². The van der Waals surface area contributed by atoms with E-state index in [0.717, 1.165) is 37.4 Å². The average molecular weight is 392 g/mol. The number of likely N-dealkylation sites (N-methyl/N-ethyl adjacent to an activating group) is 1. The minimum atomic E-state index is -0.0345. The molecule has 0 unspecified atom stereocenters. The zero-order valence-electron chi connectivity index (χ0n) is 20.5. The molecule has 2 aliphatic rings. The molecule has 0 N–H and O–H groups in total. The van der Waals surface area contributed by atoms with Crippen molar-refractivity contribution in [2.45, 2.75) is 82.1 Å². The highest BCUT2D eigenvalue weighted by atomic mass is 16.6. The van der Waals surface area contributed by atoms with E-state index in [1.54, 1.807) is 11.1 Å². The van der Waals surface area contributed by atoms with E-state index in [0.29, 0.717) is 13.2 Å². The van der Waals surface area contributed by atoms with Gasteiger partial charge < -0.3 is 9.47 Å². The van der Waals surface area contributed by atoms with Crippen LogP contribution in [0, 0.1) is 21.7 Å². The van der Waals surface area contributed by atoms with Crippen molar-refractivity contribution in [2.24, 2.45) is 21.7 Å². The van der Waals surface area contributed by atoms with E-state index < -0.39 is 0 Å². The number of nitrogens with zero attached hydrogens (tertiary/aromatic N) is 1. The summed E-state index contributed by atoms with van der Waals surface area (Å²) in [7, 11) is 2.24. The Kier molecular flexibility index (Phi) is 6.42. The van der Waals surface area contributed by atoms with E-state index in [-0.39, 0.29) is 21.7 Å². The Hall–Kier alpha value is -0.960. The van der Waals surface area contributed by atoms with E-state index in [4.69, 9.17) is 9.47 Å². The summed E-state index contributed by atoms with van der Waals surface area (Å²) in [4.78, 5) is 2.46. The molecule has 2 rings (SSSR count). The van der Waals surface area contributed by atoms with Crippen LogP contribution in [-0.2, 0) is 9.47 Å². The van der Waals surface area contributed by atoms with Crippen molar-refractivity contribution >= 4 is 0 Å². The first-order valence-corrected chi connectivity index (χ1v) is 11.0. The van der Waals surface area contributed by atoms with E-state index in [2.05, 4.69) is 81.2 Å². The Morgan fingerprint density at radius 1 is 0.643 bits per heavy atom. The maximum absolute atomic E-state index is 6.20. The standard InChI is InChI=1S/C25H45NO2/c1-22(2,3)18-16-26(11)17-19(18)24(7,8)12-13-25(9,10)21-20(23(4,5)6)27-14-15-28-21/h12-17H2,1-11H3. The second-order valence-electron chi connectivity index (χ2n) is 12.3. The first kappa shape index (κ1) is 23.3. The molecule has 0 saturated heterocycles. The van der Waals surface area contributed by atoms with Crippen LogP contribution in [0.5, 0.6) is 0 Å². The molecule has 2 heterocycles. The highest BCUT2D eigenvalue weighted by Crippen LogP contribution is 2.47. The molecule has 0 spiro atoms. The molecule has 0 radical (unpaired) electrons.